The Morgan fingerprint density at radius 2 is 1.83 bits per heavy atom. The van der Waals surface area contributed by atoms with Crippen LogP contribution in [0.4, 0.5) is 0 Å². The first-order valence-electron chi connectivity index (χ1n) is 6.20. The van der Waals surface area contributed by atoms with Gasteiger partial charge in [-0.15, -0.1) is 0 Å². The summed E-state index contributed by atoms with van der Waals surface area (Å²) in [5, 5.41) is 3.46. The van der Waals surface area contributed by atoms with Crippen molar-refractivity contribution in [1.82, 2.24) is 5.32 Å². The minimum absolute atomic E-state index is 0.282. The van der Waals surface area contributed by atoms with Crippen molar-refractivity contribution in [2.75, 3.05) is 19.1 Å². The molecule has 102 valence electrons. The molecule has 0 heterocycles. The smallest absolute Gasteiger partial charge is 0.118 e. The van der Waals surface area contributed by atoms with E-state index in [1.54, 1.807) is 13.4 Å². The molecule has 0 aliphatic carbocycles. The van der Waals surface area contributed by atoms with Gasteiger partial charge in [0.15, 0.2) is 0 Å². The second-order valence-electron chi connectivity index (χ2n) is 4.76. The van der Waals surface area contributed by atoms with E-state index in [-0.39, 0.29) is 6.04 Å². The molecule has 0 radical (unpaired) electrons. The van der Waals surface area contributed by atoms with Crippen LogP contribution in [0.3, 0.4) is 0 Å². The highest BCUT2D eigenvalue weighted by atomic mass is 32.2. The molecule has 4 heteroatoms. The molecule has 0 saturated carbocycles. The summed E-state index contributed by atoms with van der Waals surface area (Å²) in [5.74, 6) is 1.58. The second kappa shape index (κ2) is 7.54. The lowest BCUT2D eigenvalue weighted by molar-refractivity contribution is 0.414. The lowest BCUT2D eigenvalue weighted by Gasteiger charge is -2.19. The highest BCUT2D eigenvalue weighted by Gasteiger charge is 2.09. The van der Waals surface area contributed by atoms with Gasteiger partial charge < -0.3 is 10.1 Å². The van der Waals surface area contributed by atoms with E-state index in [9.17, 15) is 4.21 Å². The van der Waals surface area contributed by atoms with Crippen LogP contribution >= 0.6 is 0 Å². The van der Waals surface area contributed by atoms with E-state index in [0.717, 1.165) is 12.2 Å². The van der Waals surface area contributed by atoms with Crippen LogP contribution in [0.2, 0.25) is 0 Å². The molecule has 0 amide bonds. The lowest BCUT2D eigenvalue weighted by Crippen LogP contribution is -2.38. The topological polar surface area (TPSA) is 38.3 Å². The molecule has 1 N–H and O–H groups in total. The Labute approximate surface area is 112 Å². The van der Waals surface area contributed by atoms with Crippen molar-refractivity contribution < 1.29 is 8.95 Å². The third kappa shape index (κ3) is 5.65. The normalized spacial score (nSPS) is 16.0. The summed E-state index contributed by atoms with van der Waals surface area (Å²) in [5.41, 5.74) is 1.28. The van der Waals surface area contributed by atoms with Crippen molar-refractivity contribution in [2.45, 2.75) is 32.4 Å². The Kier molecular flexibility index (Phi) is 6.36. The van der Waals surface area contributed by atoms with E-state index < -0.39 is 10.8 Å². The maximum atomic E-state index is 11.1. The third-order valence-corrected chi connectivity index (χ3v) is 3.72. The van der Waals surface area contributed by atoms with Crippen molar-refractivity contribution in [3.05, 3.63) is 29.8 Å². The molecule has 0 aliphatic heterocycles. The number of methoxy groups -OCH3 is 1. The standard InChI is InChI=1S/C14H23NO2S/c1-11(15-12(2)10-18(4)16)9-13-5-7-14(17-3)8-6-13/h5-8,11-12,15H,9-10H2,1-4H3. The summed E-state index contributed by atoms with van der Waals surface area (Å²) >= 11 is 0. The molecule has 0 saturated heterocycles. The summed E-state index contributed by atoms with van der Waals surface area (Å²) in [6.45, 7) is 4.23. The maximum Gasteiger partial charge on any atom is 0.118 e. The Morgan fingerprint density at radius 3 is 2.33 bits per heavy atom. The number of hydrogen-bond acceptors (Lipinski definition) is 3. The first-order valence-corrected chi connectivity index (χ1v) is 7.93. The molecule has 18 heavy (non-hydrogen) atoms. The van der Waals surface area contributed by atoms with Gasteiger partial charge in [0.1, 0.15) is 5.75 Å². The first kappa shape index (κ1) is 15.2. The molecule has 0 fully saturated rings. The van der Waals surface area contributed by atoms with Gasteiger partial charge in [-0.2, -0.15) is 0 Å². The second-order valence-corrected chi connectivity index (χ2v) is 6.24. The lowest BCUT2D eigenvalue weighted by atomic mass is 10.1. The fourth-order valence-electron chi connectivity index (χ4n) is 2.06. The van der Waals surface area contributed by atoms with Crippen LogP contribution in [0.25, 0.3) is 0 Å². The van der Waals surface area contributed by atoms with Crippen molar-refractivity contribution in [3.8, 4) is 5.75 Å². The minimum Gasteiger partial charge on any atom is -0.497 e. The van der Waals surface area contributed by atoms with Crippen LogP contribution < -0.4 is 10.1 Å². The summed E-state index contributed by atoms with van der Waals surface area (Å²) in [4.78, 5) is 0. The largest absolute Gasteiger partial charge is 0.497 e. The number of benzene rings is 1. The molecule has 3 nitrogen and oxygen atoms in total. The summed E-state index contributed by atoms with van der Waals surface area (Å²) in [6.07, 6.45) is 2.71. The molecular weight excluding hydrogens is 246 g/mol. The highest BCUT2D eigenvalue weighted by Crippen LogP contribution is 2.12. The molecule has 1 aromatic carbocycles. The van der Waals surface area contributed by atoms with Gasteiger partial charge in [0, 0.05) is 34.9 Å². The molecule has 0 aromatic heterocycles. The van der Waals surface area contributed by atoms with Crippen molar-refractivity contribution in [1.29, 1.82) is 0 Å². The summed E-state index contributed by atoms with van der Waals surface area (Å²) in [7, 11) is 0.930. The average molecular weight is 269 g/mol. The zero-order valence-electron chi connectivity index (χ0n) is 11.6. The minimum atomic E-state index is -0.742. The molecule has 1 aromatic rings. The van der Waals surface area contributed by atoms with Crippen LogP contribution in [0.5, 0.6) is 5.75 Å². The monoisotopic (exact) mass is 269 g/mol. The van der Waals surface area contributed by atoms with E-state index in [1.165, 1.54) is 5.56 Å². The van der Waals surface area contributed by atoms with Crippen molar-refractivity contribution in [2.24, 2.45) is 0 Å². The third-order valence-electron chi connectivity index (χ3n) is 2.75. The Morgan fingerprint density at radius 1 is 1.22 bits per heavy atom. The molecule has 0 aliphatic rings. The predicted molar refractivity (Wildman–Crippen MR) is 77.7 cm³/mol. The molecule has 3 unspecified atom stereocenters. The van der Waals surface area contributed by atoms with Crippen LogP contribution in [0.1, 0.15) is 19.4 Å². The Bertz CT molecular complexity index is 378. The Hall–Kier alpha value is -0.870. The number of nitrogens with one attached hydrogen (secondary N) is 1. The van der Waals surface area contributed by atoms with E-state index in [0.29, 0.717) is 11.8 Å². The van der Waals surface area contributed by atoms with Crippen molar-refractivity contribution in [3.63, 3.8) is 0 Å². The zero-order chi connectivity index (χ0) is 13.5. The maximum absolute atomic E-state index is 11.1. The van der Waals surface area contributed by atoms with Gasteiger partial charge in [-0.25, -0.2) is 0 Å². The summed E-state index contributed by atoms with van der Waals surface area (Å²) < 4.78 is 16.3. The van der Waals surface area contributed by atoms with Gasteiger partial charge >= 0.3 is 0 Å². The van der Waals surface area contributed by atoms with E-state index >= 15 is 0 Å². The molecule has 1 rings (SSSR count). The summed E-state index contributed by atoms with van der Waals surface area (Å²) in [6, 6.07) is 8.78. The molecule has 0 spiro atoms. The van der Waals surface area contributed by atoms with E-state index in [2.05, 4.69) is 31.3 Å². The number of hydrogen-bond donors (Lipinski definition) is 1. The first-order chi connectivity index (χ1) is 8.51. The quantitative estimate of drug-likeness (QED) is 0.822. The van der Waals surface area contributed by atoms with Crippen LogP contribution in [0, 0.1) is 0 Å². The van der Waals surface area contributed by atoms with Crippen molar-refractivity contribution >= 4 is 10.8 Å². The van der Waals surface area contributed by atoms with Gasteiger partial charge in [0.2, 0.25) is 0 Å². The zero-order valence-corrected chi connectivity index (χ0v) is 12.4. The van der Waals surface area contributed by atoms with E-state index in [1.807, 2.05) is 12.1 Å². The van der Waals surface area contributed by atoms with Gasteiger partial charge in [-0.1, -0.05) is 12.1 Å². The van der Waals surface area contributed by atoms with Gasteiger partial charge in [0.25, 0.3) is 0 Å². The molecular formula is C14H23NO2S. The predicted octanol–water partition coefficient (Wildman–Crippen LogP) is 1.98. The molecule has 3 atom stereocenters. The Balaban J connectivity index is 2.43. The average Bonchev–Trinajstić information content (AvgIpc) is 2.28. The number of ether oxygens (including phenoxy) is 1. The SMILES string of the molecule is COc1ccc(CC(C)NC(C)CS(C)=O)cc1. The van der Waals surface area contributed by atoms with Crippen LogP contribution in [-0.2, 0) is 17.2 Å². The van der Waals surface area contributed by atoms with Crippen LogP contribution in [-0.4, -0.2) is 35.4 Å². The van der Waals surface area contributed by atoms with Gasteiger partial charge in [0.05, 0.1) is 7.11 Å². The van der Waals surface area contributed by atoms with Gasteiger partial charge in [-0.05, 0) is 38.0 Å². The molecule has 0 bridgehead atoms. The highest BCUT2D eigenvalue weighted by molar-refractivity contribution is 7.84. The van der Waals surface area contributed by atoms with Crippen LogP contribution in [0.15, 0.2) is 24.3 Å². The fourth-order valence-corrected chi connectivity index (χ4v) is 2.86. The fraction of sp³-hybridized carbons (Fsp3) is 0.571. The van der Waals surface area contributed by atoms with E-state index in [4.69, 9.17) is 4.74 Å². The number of rotatable bonds is 7. The van der Waals surface area contributed by atoms with Gasteiger partial charge in [-0.3, -0.25) is 4.21 Å².